The van der Waals surface area contributed by atoms with Gasteiger partial charge in [0, 0.05) is 17.8 Å². The van der Waals surface area contributed by atoms with E-state index >= 15 is 0 Å². The summed E-state index contributed by atoms with van der Waals surface area (Å²) in [6.07, 6.45) is 3.00. The number of rotatable bonds is 2. The lowest BCUT2D eigenvalue weighted by molar-refractivity contribution is 0.811. The van der Waals surface area contributed by atoms with Crippen LogP contribution in [0.1, 0.15) is 22.8 Å². The number of hydrogen-bond donors (Lipinski definition) is 1. The SMILES string of the molecule is Cc1nc(CCN)nc2c1CCSCC2. The van der Waals surface area contributed by atoms with Crippen LogP contribution in [0.4, 0.5) is 0 Å². The summed E-state index contributed by atoms with van der Waals surface area (Å²) in [6, 6.07) is 0. The minimum atomic E-state index is 0.632. The Kier molecular flexibility index (Phi) is 3.59. The Bertz CT molecular complexity index is 352. The van der Waals surface area contributed by atoms with Crippen LogP contribution in [0, 0.1) is 6.92 Å². The zero-order valence-corrected chi connectivity index (χ0v) is 9.94. The molecule has 0 saturated heterocycles. The van der Waals surface area contributed by atoms with E-state index in [4.69, 9.17) is 5.73 Å². The van der Waals surface area contributed by atoms with Crippen molar-refractivity contribution in [2.24, 2.45) is 5.73 Å². The molecule has 82 valence electrons. The van der Waals surface area contributed by atoms with Gasteiger partial charge in [0.25, 0.3) is 0 Å². The third-order valence-electron chi connectivity index (χ3n) is 2.69. The molecule has 0 amide bonds. The van der Waals surface area contributed by atoms with Gasteiger partial charge in [-0.25, -0.2) is 9.97 Å². The first-order valence-corrected chi connectivity index (χ1v) is 6.60. The summed E-state index contributed by atoms with van der Waals surface area (Å²) in [6.45, 7) is 2.73. The van der Waals surface area contributed by atoms with Crippen LogP contribution in [0.2, 0.25) is 0 Å². The highest BCUT2D eigenvalue weighted by Gasteiger charge is 2.13. The van der Waals surface area contributed by atoms with Crippen LogP contribution in [0.15, 0.2) is 0 Å². The van der Waals surface area contributed by atoms with Crippen LogP contribution < -0.4 is 5.73 Å². The minimum absolute atomic E-state index is 0.632. The number of fused-ring (bicyclic) bond motifs is 1. The molecule has 1 aromatic heterocycles. The molecule has 1 aromatic rings. The molecule has 0 aliphatic carbocycles. The molecule has 0 bridgehead atoms. The monoisotopic (exact) mass is 223 g/mol. The van der Waals surface area contributed by atoms with E-state index < -0.39 is 0 Å². The quantitative estimate of drug-likeness (QED) is 0.816. The molecule has 0 unspecified atom stereocenters. The molecular weight excluding hydrogens is 206 g/mol. The Balaban J connectivity index is 2.35. The third kappa shape index (κ3) is 2.49. The first kappa shape index (κ1) is 10.9. The third-order valence-corrected chi connectivity index (χ3v) is 3.68. The highest BCUT2D eigenvalue weighted by Crippen LogP contribution is 2.20. The summed E-state index contributed by atoms with van der Waals surface area (Å²) in [4.78, 5) is 9.14. The van der Waals surface area contributed by atoms with E-state index in [1.54, 1.807) is 0 Å². The maximum Gasteiger partial charge on any atom is 0.130 e. The van der Waals surface area contributed by atoms with E-state index in [1.807, 2.05) is 11.8 Å². The van der Waals surface area contributed by atoms with Crippen molar-refractivity contribution in [3.8, 4) is 0 Å². The molecule has 2 N–H and O–H groups in total. The maximum atomic E-state index is 5.53. The smallest absolute Gasteiger partial charge is 0.130 e. The molecule has 4 heteroatoms. The van der Waals surface area contributed by atoms with E-state index in [1.165, 1.54) is 22.8 Å². The van der Waals surface area contributed by atoms with E-state index in [2.05, 4.69) is 16.9 Å². The van der Waals surface area contributed by atoms with E-state index in [9.17, 15) is 0 Å². The summed E-state index contributed by atoms with van der Waals surface area (Å²) >= 11 is 2.01. The number of nitrogens with two attached hydrogens (primary N) is 1. The number of thioether (sulfide) groups is 1. The highest BCUT2D eigenvalue weighted by atomic mass is 32.2. The fourth-order valence-corrected chi connectivity index (χ4v) is 2.83. The number of aryl methyl sites for hydroxylation is 2. The number of aromatic nitrogens is 2. The van der Waals surface area contributed by atoms with Gasteiger partial charge in [0.15, 0.2) is 0 Å². The molecule has 0 fully saturated rings. The Morgan fingerprint density at radius 3 is 2.87 bits per heavy atom. The average molecular weight is 223 g/mol. The van der Waals surface area contributed by atoms with Gasteiger partial charge >= 0.3 is 0 Å². The van der Waals surface area contributed by atoms with Crippen LogP contribution in [0.3, 0.4) is 0 Å². The minimum Gasteiger partial charge on any atom is -0.330 e. The molecule has 0 aromatic carbocycles. The molecule has 0 spiro atoms. The van der Waals surface area contributed by atoms with Crippen molar-refractivity contribution in [1.82, 2.24) is 9.97 Å². The van der Waals surface area contributed by atoms with Gasteiger partial charge in [-0.3, -0.25) is 0 Å². The van der Waals surface area contributed by atoms with Crippen molar-refractivity contribution >= 4 is 11.8 Å². The lowest BCUT2D eigenvalue weighted by Gasteiger charge is -2.09. The summed E-state index contributed by atoms with van der Waals surface area (Å²) in [7, 11) is 0. The zero-order valence-electron chi connectivity index (χ0n) is 9.12. The topological polar surface area (TPSA) is 51.8 Å². The predicted octanol–water partition coefficient (Wildman–Crippen LogP) is 1.12. The molecule has 15 heavy (non-hydrogen) atoms. The standard InChI is InChI=1S/C11H17N3S/c1-8-9-3-6-15-7-4-10(9)14-11(13-8)2-5-12/h2-7,12H2,1H3. The number of nitrogens with zero attached hydrogens (tertiary/aromatic N) is 2. The lowest BCUT2D eigenvalue weighted by Crippen LogP contribution is -2.11. The van der Waals surface area contributed by atoms with Gasteiger partial charge in [-0.05, 0) is 43.4 Å². The van der Waals surface area contributed by atoms with Gasteiger partial charge < -0.3 is 5.73 Å². The zero-order chi connectivity index (χ0) is 10.7. The normalized spacial score (nSPS) is 15.9. The van der Waals surface area contributed by atoms with Gasteiger partial charge in [-0.1, -0.05) is 0 Å². The van der Waals surface area contributed by atoms with Crippen molar-refractivity contribution in [3.05, 3.63) is 22.8 Å². The molecule has 0 radical (unpaired) electrons. The van der Waals surface area contributed by atoms with Gasteiger partial charge in [-0.2, -0.15) is 11.8 Å². The predicted molar refractivity (Wildman–Crippen MR) is 64.3 cm³/mol. The first-order valence-electron chi connectivity index (χ1n) is 5.44. The Labute approximate surface area is 94.9 Å². The summed E-state index contributed by atoms with van der Waals surface area (Å²) in [5.41, 5.74) is 9.33. The van der Waals surface area contributed by atoms with Gasteiger partial charge in [-0.15, -0.1) is 0 Å². The summed E-state index contributed by atoms with van der Waals surface area (Å²) in [5, 5.41) is 0. The molecule has 1 aliphatic heterocycles. The fourth-order valence-electron chi connectivity index (χ4n) is 1.94. The first-order chi connectivity index (χ1) is 7.31. The van der Waals surface area contributed by atoms with E-state index in [0.717, 1.165) is 30.8 Å². The van der Waals surface area contributed by atoms with Crippen molar-refractivity contribution in [3.63, 3.8) is 0 Å². The van der Waals surface area contributed by atoms with Crippen LogP contribution >= 0.6 is 11.8 Å². The molecule has 1 aliphatic rings. The summed E-state index contributed by atoms with van der Waals surface area (Å²) in [5.74, 6) is 3.31. The highest BCUT2D eigenvalue weighted by molar-refractivity contribution is 7.99. The molecular formula is C11H17N3S. The second-order valence-electron chi connectivity index (χ2n) is 3.80. The second kappa shape index (κ2) is 4.94. The van der Waals surface area contributed by atoms with Gasteiger partial charge in [0.05, 0.1) is 0 Å². The largest absolute Gasteiger partial charge is 0.330 e. The van der Waals surface area contributed by atoms with Gasteiger partial charge in [0.2, 0.25) is 0 Å². The average Bonchev–Trinajstić information content (AvgIpc) is 2.43. The Morgan fingerprint density at radius 2 is 2.07 bits per heavy atom. The molecule has 3 nitrogen and oxygen atoms in total. The van der Waals surface area contributed by atoms with Crippen LogP contribution in [-0.2, 0) is 19.3 Å². The molecule has 2 rings (SSSR count). The maximum absolute atomic E-state index is 5.53. The summed E-state index contributed by atoms with van der Waals surface area (Å²) < 4.78 is 0. The molecule has 0 saturated carbocycles. The fraction of sp³-hybridized carbons (Fsp3) is 0.636. The van der Waals surface area contributed by atoms with Crippen molar-refractivity contribution in [2.45, 2.75) is 26.2 Å². The van der Waals surface area contributed by atoms with E-state index in [-0.39, 0.29) is 0 Å². The Hall–Kier alpha value is -0.610. The number of hydrogen-bond acceptors (Lipinski definition) is 4. The van der Waals surface area contributed by atoms with Gasteiger partial charge in [0.1, 0.15) is 5.82 Å². The van der Waals surface area contributed by atoms with Crippen molar-refractivity contribution in [1.29, 1.82) is 0 Å². The van der Waals surface area contributed by atoms with E-state index in [0.29, 0.717) is 6.54 Å². The van der Waals surface area contributed by atoms with Crippen LogP contribution in [0.5, 0.6) is 0 Å². The molecule has 0 atom stereocenters. The van der Waals surface area contributed by atoms with Crippen molar-refractivity contribution < 1.29 is 0 Å². The Morgan fingerprint density at radius 1 is 1.27 bits per heavy atom. The second-order valence-corrected chi connectivity index (χ2v) is 5.03. The van der Waals surface area contributed by atoms with Crippen LogP contribution in [0.25, 0.3) is 0 Å². The van der Waals surface area contributed by atoms with Crippen molar-refractivity contribution in [2.75, 3.05) is 18.1 Å². The van der Waals surface area contributed by atoms with Crippen LogP contribution in [-0.4, -0.2) is 28.0 Å². The molecule has 2 heterocycles. The lowest BCUT2D eigenvalue weighted by atomic mass is 10.1.